The average molecular weight is 157 g/mol. The van der Waals surface area contributed by atoms with Crippen LogP contribution in [-0.4, -0.2) is 9.78 Å². The van der Waals surface area contributed by atoms with E-state index in [4.69, 9.17) is 5.73 Å². The van der Waals surface area contributed by atoms with Gasteiger partial charge in [0.25, 0.3) is 0 Å². The number of nitrogens with zero attached hydrogens (tertiary/aromatic N) is 2. The van der Waals surface area contributed by atoms with E-state index in [1.807, 2.05) is 20.8 Å². The van der Waals surface area contributed by atoms with Crippen LogP contribution in [0.5, 0.6) is 0 Å². The molecule has 1 rings (SSSR count). The van der Waals surface area contributed by atoms with Gasteiger partial charge in [0.2, 0.25) is 5.95 Å². The van der Waals surface area contributed by atoms with Crippen molar-refractivity contribution in [3.05, 3.63) is 12.1 Å². The summed E-state index contributed by atoms with van der Waals surface area (Å²) in [5.74, 6) is -0.461. The van der Waals surface area contributed by atoms with Gasteiger partial charge in [0, 0.05) is 0 Å². The van der Waals surface area contributed by atoms with Gasteiger partial charge in [-0.25, -0.2) is 4.68 Å². The van der Waals surface area contributed by atoms with E-state index in [0.29, 0.717) is 0 Å². The number of hydrogen-bond donors (Lipinski definition) is 1. The predicted octanol–water partition coefficient (Wildman–Crippen LogP) is 1.36. The molecule has 0 aliphatic rings. The zero-order valence-electron chi connectivity index (χ0n) is 6.93. The second-order valence-corrected chi connectivity index (χ2v) is 3.47. The number of anilines is 1. The maximum absolute atomic E-state index is 13.0. The second kappa shape index (κ2) is 2.22. The van der Waals surface area contributed by atoms with Crippen LogP contribution < -0.4 is 5.73 Å². The first-order valence-electron chi connectivity index (χ1n) is 3.42. The van der Waals surface area contributed by atoms with Gasteiger partial charge < -0.3 is 5.73 Å². The summed E-state index contributed by atoms with van der Waals surface area (Å²) in [6.45, 7) is 5.59. The lowest BCUT2D eigenvalue weighted by atomic mass is 10.1. The van der Waals surface area contributed by atoms with Gasteiger partial charge >= 0.3 is 0 Å². The summed E-state index contributed by atoms with van der Waals surface area (Å²) in [7, 11) is 0. The molecule has 0 aliphatic carbocycles. The van der Waals surface area contributed by atoms with Crippen LogP contribution in [0.25, 0.3) is 0 Å². The summed E-state index contributed by atoms with van der Waals surface area (Å²) in [6.07, 6.45) is 1.32. The quantitative estimate of drug-likeness (QED) is 0.618. The zero-order chi connectivity index (χ0) is 8.65. The lowest BCUT2D eigenvalue weighted by molar-refractivity contribution is 0.300. The van der Waals surface area contributed by atoms with Crippen molar-refractivity contribution in [3.8, 4) is 0 Å². The number of hydrogen-bond acceptors (Lipinski definition) is 2. The molecule has 1 aromatic rings. The molecule has 0 radical (unpaired) electrons. The summed E-state index contributed by atoms with van der Waals surface area (Å²) >= 11 is 0. The summed E-state index contributed by atoms with van der Waals surface area (Å²) in [5, 5.41) is 3.80. The van der Waals surface area contributed by atoms with Crippen molar-refractivity contribution in [2.75, 3.05) is 5.73 Å². The molecule has 0 atom stereocenters. The fourth-order valence-electron chi connectivity index (χ4n) is 0.814. The van der Waals surface area contributed by atoms with Gasteiger partial charge in [-0.1, -0.05) is 0 Å². The summed E-state index contributed by atoms with van der Waals surface area (Å²) in [6, 6.07) is 0. The standard InChI is InChI=1S/C7H12FN3/c1-7(2,3)11-6(8)5(9)4-10-11/h4H,9H2,1-3H3. The smallest absolute Gasteiger partial charge is 0.235 e. The maximum atomic E-state index is 13.0. The fraction of sp³-hybridized carbons (Fsp3) is 0.571. The van der Waals surface area contributed by atoms with E-state index < -0.39 is 5.95 Å². The first kappa shape index (κ1) is 8.04. The number of nitrogens with two attached hydrogens (primary N) is 1. The van der Waals surface area contributed by atoms with E-state index in [0.717, 1.165) is 0 Å². The number of halogens is 1. The molecule has 0 aliphatic heterocycles. The first-order chi connectivity index (χ1) is 4.93. The van der Waals surface area contributed by atoms with E-state index in [2.05, 4.69) is 5.10 Å². The van der Waals surface area contributed by atoms with Crippen LogP contribution in [0.1, 0.15) is 20.8 Å². The third-order valence-electron chi connectivity index (χ3n) is 1.37. The molecule has 0 saturated carbocycles. The molecule has 1 aromatic heterocycles. The summed E-state index contributed by atoms with van der Waals surface area (Å²) in [5.41, 5.74) is 5.03. The molecular weight excluding hydrogens is 145 g/mol. The number of rotatable bonds is 0. The van der Waals surface area contributed by atoms with Crippen molar-refractivity contribution < 1.29 is 4.39 Å². The Labute approximate surface area is 65.0 Å². The molecule has 1 heterocycles. The van der Waals surface area contributed by atoms with Crippen molar-refractivity contribution in [2.45, 2.75) is 26.3 Å². The van der Waals surface area contributed by atoms with Crippen molar-refractivity contribution in [3.63, 3.8) is 0 Å². The molecule has 0 unspecified atom stereocenters. The van der Waals surface area contributed by atoms with Crippen LogP contribution in [0, 0.1) is 5.95 Å². The van der Waals surface area contributed by atoms with Gasteiger partial charge in [0.15, 0.2) is 0 Å². The zero-order valence-corrected chi connectivity index (χ0v) is 6.93. The Kier molecular flexibility index (Phi) is 1.62. The molecule has 0 spiro atoms. The molecule has 0 amide bonds. The summed E-state index contributed by atoms with van der Waals surface area (Å²) < 4.78 is 14.3. The Morgan fingerprint density at radius 1 is 1.55 bits per heavy atom. The largest absolute Gasteiger partial charge is 0.394 e. The highest BCUT2D eigenvalue weighted by molar-refractivity contribution is 5.33. The molecular formula is C7H12FN3. The molecule has 2 N–H and O–H groups in total. The van der Waals surface area contributed by atoms with Crippen LogP contribution in [-0.2, 0) is 5.54 Å². The van der Waals surface area contributed by atoms with Gasteiger partial charge in [-0.2, -0.15) is 9.49 Å². The van der Waals surface area contributed by atoms with E-state index in [1.54, 1.807) is 0 Å². The van der Waals surface area contributed by atoms with Crippen molar-refractivity contribution in [1.29, 1.82) is 0 Å². The van der Waals surface area contributed by atoms with Crippen LogP contribution in [0.15, 0.2) is 6.20 Å². The third kappa shape index (κ3) is 1.34. The monoisotopic (exact) mass is 157 g/mol. The molecule has 0 aromatic carbocycles. The molecule has 0 saturated heterocycles. The second-order valence-electron chi connectivity index (χ2n) is 3.47. The molecule has 62 valence electrons. The Hall–Kier alpha value is -1.06. The van der Waals surface area contributed by atoms with E-state index in [-0.39, 0.29) is 11.2 Å². The van der Waals surface area contributed by atoms with Gasteiger partial charge in [0.1, 0.15) is 5.69 Å². The van der Waals surface area contributed by atoms with Gasteiger partial charge in [0.05, 0.1) is 11.7 Å². The minimum atomic E-state index is -0.461. The van der Waals surface area contributed by atoms with Crippen LogP contribution in [0.2, 0.25) is 0 Å². The van der Waals surface area contributed by atoms with E-state index in [9.17, 15) is 4.39 Å². The Morgan fingerprint density at radius 3 is 2.27 bits per heavy atom. The molecule has 4 heteroatoms. The highest BCUT2D eigenvalue weighted by Crippen LogP contribution is 2.18. The van der Waals surface area contributed by atoms with Crippen LogP contribution >= 0.6 is 0 Å². The Balaban J connectivity index is 3.15. The Bertz CT molecular complexity index is 259. The summed E-state index contributed by atoms with van der Waals surface area (Å²) in [4.78, 5) is 0. The maximum Gasteiger partial charge on any atom is 0.235 e. The van der Waals surface area contributed by atoms with Crippen molar-refractivity contribution >= 4 is 5.69 Å². The van der Waals surface area contributed by atoms with Gasteiger partial charge in [-0.3, -0.25) is 0 Å². The SMILES string of the molecule is CC(C)(C)n1ncc(N)c1F. The lowest BCUT2D eigenvalue weighted by Crippen LogP contribution is -2.24. The molecule has 11 heavy (non-hydrogen) atoms. The molecule has 0 bridgehead atoms. The van der Waals surface area contributed by atoms with E-state index in [1.165, 1.54) is 10.9 Å². The van der Waals surface area contributed by atoms with Crippen molar-refractivity contribution in [2.24, 2.45) is 0 Å². The average Bonchev–Trinajstić information content (AvgIpc) is 2.11. The van der Waals surface area contributed by atoms with Crippen LogP contribution in [0.4, 0.5) is 10.1 Å². The molecule has 0 fully saturated rings. The number of nitrogen functional groups attached to an aromatic ring is 1. The Morgan fingerprint density at radius 2 is 2.09 bits per heavy atom. The first-order valence-corrected chi connectivity index (χ1v) is 3.42. The van der Waals surface area contributed by atoms with Gasteiger partial charge in [-0.05, 0) is 20.8 Å². The predicted molar refractivity (Wildman–Crippen MR) is 41.6 cm³/mol. The minimum Gasteiger partial charge on any atom is -0.394 e. The highest BCUT2D eigenvalue weighted by Gasteiger charge is 2.19. The minimum absolute atomic E-state index is 0.0972. The van der Waals surface area contributed by atoms with Crippen LogP contribution in [0.3, 0.4) is 0 Å². The fourth-order valence-corrected chi connectivity index (χ4v) is 0.814. The van der Waals surface area contributed by atoms with E-state index >= 15 is 0 Å². The normalized spacial score (nSPS) is 12.0. The third-order valence-corrected chi connectivity index (χ3v) is 1.37. The lowest BCUT2D eigenvalue weighted by Gasteiger charge is -2.19. The molecule has 3 nitrogen and oxygen atoms in total. The topological polar surface area (TPSA) is 43.8 Å². The number of aromatic nitrogens is 2. The van der Waals surface area contributed by atoms with Crippen molar-refractivity contribution in [1.82, 2.24) is 9.78 Å². The highest BCUT2D eigenvalue weighted by atomic mass is 19.1. The van der Waals surface area contributed by atoms with Gasteiger partial charge in [-0.15, -0.1) is 0 Å².